The van der Waals surface area contributed by atoms with E-state index in [1.165, 1.54) is 25.7 Å². The van der Waals surface area contributed by atoms with Crippen LogP contribution in [-0.2, 0) is 0 Å². The number of fused-ring (bicyclic) bond motifs is 3. The van der Waals surface area contributed by atoms with Gasteiger partial charge in [-0.25, -0.2) is 9.97 Å². The molecule has 6 rings (SSSR count). The first kappa shape index (κ1) is 19.6. The van der Waals surface area contributed by atoms with E-state index in [1.54, 1.807) is 0 Å². The van der Waals surface area contributed by atoms with Crippen LogP contribution in [0.5, 0.6) is 0 Å². The Morgan fingerprint density at radius 3 is 2.22 bits per heavy atom. The molecule has 2 nitrogen and oxygen atoms in total. The number of hydrogen-bond acceptors (Lipinski definition) is 3. The smallest absolute Gasteiger partial charge is 0.160 e. The Kier molecular flexibility index (Phi) is 4.97. The van der Waals surface area contributed by atoms with Crippen LogP contribution in [0, 0.1) is 3.70 Å². The molecule has 2 aromatic heterocycles. The van der Waals surface area contributed by atoms with Gasteiger partial charge in [-0.05, 0) is 58.0 Å². The zero-order chi connectivity index (χ0) is 21.5. The van der Waals surface area contributed by atoms with Gasteiger partial charge in [-0.3, -0.25) is 0 Å². The lowest BCUT2D eigenvalue weighted by Gasteiger charge is -2.09. The minimum Gasteiger partial charge on any atom is -0.228 e. The molecule has 0 saturated carbocycles. The third kappa shape index (κ3) is 3.49. The van der Waals surface area contributed by atoms with Gasteiger partial charge >= 0.3 is 0 Å². The van der Waals surface area contributed by atoms with Crippen LogP contribution in [0.25, 0.3) is 53.9 Å². The summed E-state index contributed by atoms with van der Waals surface area (Å²) in [7, 11) is 0. The van der Waals surface area contributed by atoms with Crippen molar-refractivity contribution in [2.45, 2.75) is 0 Å². The molecular weight excluding hydrogens is 523 g/mol. The van der Waals surface area contributed by atoms with Crippen molar-refractivity contribution in [3.05, 3.63) is 107 Å². The fourth-order valence-electron chi connectivity index (χ4n) is 4.14. The molecule has 0 aliphatic carbocycles. The summed E-state index contributed by atoms with van der Waals surface area (Å²) >= 11 is 4.13. The average Bonchev–Trinajstić information content (AvgIpc) is 3.23. The molecule has 4 heteroatoms. The molecule has 6 aromatic rings. The molecule has 0 radical (unpaired) electrons. The second-order valence-corrected chi connectivity index (χ2v) is 9.81. The van der Waals surface area contributed by atoms with Crippen molar-refractivity contribution in [2.24, 2.45) is 0 Å². The van der Waals surface area contributed by atoms with E-state index in [2.05, 4.69) is 120 Å². The molecular formula is C28H17IN2S. The maximum atomic E-state index is 5.03. The maximum Gasteiger partial charge on any atom is 0.160 e. The highest BCUT2D eigenvalue weighted by atomic mass is 127. The number of aromatic nitrogens is 2. The molecule has 0 aliphatic heterocycles. The van der Waals surface area contributed by atoms with E-state index < -0.39 is 0 Å². The van der Waals surface area contributed by atoms with Crippen LogP contribution in [0.1, 0.15) is 0 Å². The van der Waals surface area contributed by atoms with Crippen LogP contribution in [0.15, 0.2) is 103 Å². The lowest BCUT2D eigenvalue weighted by atomic mass is 10.0. The summed E-state index contributed by atoms with van der Waals surface area (Å²) < 4.78 is 3.52. The van der Waals surface area contributed by atoms with Gasteiger partial charge in [-0.1, -0.05) is 78.9 Å². The van der Waals surface area contributed by atoms with Crippen LogP contribution < -0.4 is 0 Å². The van der Waals surface area contributed by atoms with Crippen LogP contribution in [0.3, 0.4) is 0 Å². The summed E-state index contributed by atoms with van der Waals surface area (Å²) in [6.07, 6.45) is 0. The molecule has 0 atom stereocenters. The number of halogens is 1. The Hall–Kier alpha value is -3.09. The Labute approximate surface area is 203 Å². The predicted octanol–water partition coefficient (Wildman–Crippen LogP) is 8.45. The summed E-state index contributed by atoms with van der Waals surface area (Å²) in [5, 5.41) is 2.55. The third-order valence-electron chi connectivity index (χ3n) is 5.60. The van der Waals surface area contributed by atoms with Gasteiger partial charge in [-0.2, -0.15) is 0 Å². The van der Waals surface area contributed by atoms with Crippen molar-refractivity contribution in [1.82, 2.24) is 9.97 Å². The molecule has 2 heterocycles. The second kappa shape index (κ2) is 8.11. The first-order chi connectivity index (χ1) is 15.8. The molecule has 0 fully saturated rings. The van der Waals surface area contributed by atoms with Gasteiger partial charge in [0.1, 0.15) is 3.70 Å². The van der Waals surface area contributed by atoms with Crippen molar-refractivity contribution < 1.29 is 0 Å². The molecule has 152 valence electrons. The average molecular weight is 540 g/mol. The van der Waals surface area contributed by atoms with E-state index in [9.17, 15) is 0 Å². The summed E-state index contributed by atoms with van der Waals surface area (Å²) in [6, 6.07) is 36.0. The molecule has 4 aromatic carbocycles. The normalized spacial score (nSPS) is 11.3. The number of benzene rings is 4. The second-order valence-electron chi connectivity index (χ2n) is 7.62. The van der Waals surface area contributed by atoms with Crippen molar-refractivity contribution in [2.75, 3.05) is 0 Å². The van der Waals surface area contributed by atoms with Gasteiger partial charge in [0.25, 0.3) is 0 Å². The molecule has 0 amide bonds. The number of hydrogen-bond donors (Lipinski definition) is 0. The fraction of sp³-hybridized carbons (Fsp3) is 0. The Morgan fingerprint density at radius 1 is 0.594 bits per heavy atom. The number of rotatable bonds is 3. The molecule has 0 unspecified atom stereocenters. The highest BCUT2D eigenvalue weighted by molar-refractivity contribution is 14.1. The largest absolute Gasteiger partial charge is 0.228 e. The lowest BCUT2D eigenvalue weighted by Crippen LogP contribution is -1.95. The van der Waals surface area contributed by atoms with Crippen molar-refractivity contribution in [3.8, 4) is 33.8 Å². The monoisotopic (exact) mass is 540 g/mol. The van der Waals surface area contributed by atoms with Crippen LogP contribution >= 0.6 is 33.9 Å². The molecule has 0 bridgehead atoms. The molecule has 0 N–H and O–H groups in total. The zero-order valence-electron chi connectivity index (χ0n) is 17.0. The Bertz CT molecular complexity index is 1590. The summed E-state index contributed by atoms with van der Waals surface area (Å²) in [5.41, 5.74) is 5.49. The number of thiophene rings is 1. The van der Waals surface area contributed by atoms with Crippen molar-refractivity contribution in [1.29, 1.82) is 0 Å². The number of nitrogens with zero attached hydrogens (tertiary/aromatic N) is 2. The van der Waals surface area contributed by atoms with E-state index in [4.69, 9.17) is 9.97 Å². The van der Waals surface area contributed by atoms with Crippen LogP contribution in [-0.4, -0.2) is 9.97 Å². The van der Waals surface area contributed by atoms with Crippen molar-refractivity contribution in [3.63, 3.8) is 0 Å². The third-order valence-corrected chi connectivity index (χ3v) is 7.29. The fourth-order valence-corrected chi connectivity index (χ4v) is 5.80. The van der Waals surface area contributed by atoms with Gasteiger partial charge in [-0.15, -0.1) is 11.3 Å². The van der Waals surface area contributed by atoms with Gasteiger partial charge < -0.3 is 0 Å². The molecule has 0 spiro atoms. The minimum absolute atomic E-state index is 0.751. The van der Waals surface area contributed by atoms with E-state index in [0.29, 0.717) is 0 Å². The first-order valence-corrected chi connectivity index (χ1v) is 12.3. The molecule has 32 heavy (non-hydrogen) atoms. The van der Waals surface area contributed by atoms with E-state index in [-0.39, 0.29) is 0 Å². The van der Waals surface area contributed by atoms with Gasteiger partial charge in [0, 0.05) is 31.3 Å². The summed E-state index contributed by atoms with van der Waals surface area (Å²) in [5.74, 6) is 0.751. The first-order valence-electron chi connectivity index (χ1n) is 10.4. The highest BCUT2D eigenvalue weighted by Crippen LogP contribution is 2.39. The highest BCUT2D eigenvalue weighted by Gasteiger charge is 2.14. The van der Waals surface area contributed by atoms with Gasteiger partial charge in [0.2, 0.25) is 0 Å². The van der Waals surface area contributed by atoms with Crippen molar-refractivity contribution >= 4 is 54.1 Å². The van der Waals surface area contributed by atoms with Gasteiger partial charge in [0.15, 0.2) is 5.82 Å². The summed E-state index contributed by atoms with van der Waals surface area (Å²) in [4.78, 5) is 9.81. The molecule has 0 aliphatic rings. The minimum atomic E-state index is 0.751. The molecule has 0 saturated heterocycles. The zero-order valence-corrected chi connectivity index (χ0v) is 20.0. The van der Waals surface area contributed by atoms with Gasteiger partial charge in [0.05, 0.1) is 5.69 Å². The van der Waals surface area contributed by atoms with E-state index >= 15 is 0 Å². The Balaban J connectivity index is 1.53. The van der Waals surface area contributed by atoms with Crippen LogP contribution in [0.4, 0.5) is 0 Å². The predicted molar refractivity (Wildman–Crippen MR) is 144 cm³/mol. The lowest BCUT2D eigenvalue weighted by molar-refractivity contribution is 1.15. The van der Waals surface area contributed by atoms with E-state index in [0.717, 1.165) is 31.9 Å². The van der Waals surface area contributed by atoms with Crippen LogP contribution in [0.2, 0.25) is 0 Å². The maximum absolute atomic E-state index is 5.03. The Morgan fingerprint density at radius 2 is 1.31 bits per heavy atom. The standard InChI is InChI=1S/C28H17IN2S/c29-26-17-23(21-13-7-15-25-27(21)22-12-4-5-14-24(22)32-25)30-28(31-26)20-11-6-10-19(16-20)18-8-2-1-3-9-18/h1-17H. The topological polar surface area (TPSA) is 25.8 Å². The summed E-state index contributed by atoms with van der Waals surface area (Å²) in [6.45, 7) is 0. The quantitative estimate of drug-likeness (QED) is 0.166. The van der Waals surface area contributed by atoms with E-state index in [1.807, 2.05) is 17.4 Å². The SMILES string of the molecule is Ic1cc(-c2cccc3sc4ccccc4c23)nc(-c2cccc(-c3ccccc3)c2)n1.